The minimum absolute atomic E-state index is 0.0939. The molecule has 3 N–H and O–H groups in total. The zero-order valence-corrected chi connectivity index (χ0v) is 13.7. The molecule has 0 unspecified atom stereocenters. The molecule has 0 aliphatic heterocycles. The van der Waals surface area contributed by atoms with Gasteiger partial charge in [0.25, 0.3) is 5.91 Å². The van der Waals surface area contributed by atoms with Crippen LogP contribution in [-0.2, 0) is 11.2 Å². The number of para-hydroxylation sites is 2. The lowest BCUT2D eigenvalue weighted by Gasteiger charge is -2.13. The molecule has 1 amide bonds. The average molecular weight is 348 g/mol. The Bertz CT molecular complexity index is 1080. The van der Waals surface area contributed by atoms with E-state index >= 15 is 0 Å². The fraction of sp³-hybridized carbons (Fsp3) is 0.100. The van der Waals surface area contributed by atoms with E-state index in [2.05, 4.69) is 10.3 Å². The van der Waals surface area contributed by atoms with Crippen molar-refractivity contribution >= 4 is 33.7 Å². The number of rotatable bonds is 5. The molecule has 0 saturated carbocycles. The van der Waals surface area contributed by atoms with Crippen molar-refractivity contribution in [2.75, 3.05) is 0 Å². The monoisotopic (exact) mass is 348 g/mol. The predicted molar refractivity (Wildman–Crippen MR) is 97.1 cm³/mol. The topological polar surface area (TPSA) is 95.3 Å². The Kier molecular flexibility index (Phi) is 3.93. The minimum atomic E-state index is -1.10. The summed E-state index contributed by atoms with van der Waals surface area (Å²) in [4.78, 5) is 27.2. The summed E-state index contributed by atoms with van der Waals surface area (Å²) in [6.07, 6.45) is 1.94. The van der Waals surface area contributed by atoms with Gasteiger partial charge in [0.2, 0.25) is 0 Å². The number of amides is 1. The molecule has 0 saturated heterocycles. The summed E-state index contributed by atoms with van der Waals surface area (Å²) in [5.41, 5.74) is 2.34. The van der Waals surface area contributed by atoms with E-state index in [0.717, 1.165) is 21.9 Å². The molecule has 2 aromatic carbocycles. The second-order valence-corrected chi connectivity index (χ2v) is 6.08. The molecule has 0 bridgehead atoms. The van der Waals surface area contributed by atoms with Crippen molar-refractivity contribution in [2.24, 2.45) is 0 Å². The molecule has 0 spiro atoms. The third-order valence-corrected chi connectivity index (χ3v) is 4.35. The van der Waals surface area contributed by atoms with Crippen LogP contribution in [0.4, 0.5) is 0 Å². The number of hydrogen-bond acceptors (Lipinski definition) is 3. The molecule has 0 aliphatic carbocycles. The lowest BCUT2D eigenvalue weighted by atomic mass is 10.0. The van der Waals surface area contributed by atoms with Crippen molar-refractivity contribution in [3.05, 3.63) is 72.1 Å². The number of aromatic amines is 1. The number of benzene rings is 2. The van der Waals surface area contributed by atoms with Crippen LogP contribution in [-0.4, -0.2) is 28.0 Å². The Balaban J connectivity index is 1.56. The molecular formula is C20H16N2O4. The second kappa shape index (κ2) is 6.40. The molecule has 6 nitrogen and oxygen atoms in total. The van der Waals surface area contributed by atoms with Crippen LogP contribution in [0.5, 0.6) is 0 Å². The van der Waals surface area contributed by atoms with E-state index in [1.807, 2.05) is 42.5 Å². The number of aromatic nitrogens is 1. The third-order valence-electron chi connectivity index (χ3n) is 4.35. The molecule has 1 atom stereocenters. The molecule has 4 aromatic rings. The number of nitrogens with one attached hydrogen (secondary N) is 2. The van der Waals surface area contributed by atoms with Crippen LogP contribution in [0.25, 0.3) is 21.9 Å². The maximum Gasteiger partial charge on any atom is 0.326 e. The summed E-state index contributed by atoms with van der Waals surface area (Å²) in [7, 11) is 0. The zero-order valence-electron chi connectivity index (χ0n) is 13.7. The smallest absolute Gasteiger partial charge is 0.326 e. The quantitative estimate of drug-likeness (QED) is 0.515. The van der Waals surface area contributed by atoms with Crippen molar-refractivity contribution in [3.8, 4) is 0 Å². The first-order valence-corrected chi connectivity index (χ1v) is 8.19. The minimum Gasteiger partial charge on any atom is -0.480 e. The van der Waals surface area contributed by atoms with Gasteiger partial charge >= 0.3 is 5.97 Å². The Morgan fingerprint density at radius 1 is 1.12 bits per heavy atom. The summed E-state index contributed by atoms with van der Waals surface area (Å²) in [6, 6.07) is 15.4. The maximum absolute atomic E-state index is 12.4. The maximum atomic E-state index is 12.4. The van der Waals surface area contributed by atoms with Crippen LogP contribution in [0.15, 0.2) is 65.2 Å². The van der Waals surface area contributed by atoms with Crippen LogP contribution in [0, 0.1) is 0 Å². The molecule has 2 heterocycles. The van der Waals surface area contributed by atoms with Gasteiger partial charge in [-0.15, -0.1) is 0 Å². The van der Waals surface area contributed by atoms with Gasteiger partial charge in [0, 0.05) is 28.9 Å². The standard InChI is InChI=1S/C20H16N2O4/c23-19(18-10-12-5-1-4-8-17(12)26-18)22-16(20(24)25)9-13-11-21-15-7-3-2-6-14(13)15/h1-8,10-11,16,21H,9H2,(H,22,23)(H,24,25)/t16-/m0/s1. The van der Waals surface area contributed by atoms with Crippen molar-refractivity contribution in [1.29, 1.82) is 0 Å². The van der Waals surface area contributed by atoms with E-state index in [4.69, 9.17) is 4.42 Å². The first kappa shape index (κ1) is 16.0. The number of H-pyrrole nitrogens is 1. The van der Waals surface area contributed by atoms with Crippen LogP contribution in [0.1, 0.15) is 16.1 Å². The highest BCUT2D eigenvalue weighted by Gasteiger charge is 2.24. The molecule has 4 rings (SSSR count). The number of furan rings is 1. The van der Waals surface area contributed by atoms with Gasteiger partial charge in [-0.2, -0.15) is 0 Å². The van der Waals surface area contributed by atoms with E-state index in [9.17, 15) is 14.7 Å². The molecular weight excluding hydrogens is 332 g/mol. The van der Waals surface area contributed by atoms with Gasteiger partial charge in [-0.1, -0.05) is 36.4 Å². The molecule has 26 heavy (non-hydrogen) atoms. The summed E-state index contributed by atoms with van der Waals surface area (Å²) < 4.78 is 5.50. The SMILES string of the molecule is O=C(N[C@@H](Cc1c[nH]c2ccccc12)C(=O)O)c1cc2ccccc2o1. The Hall–Kier alpha value is -3.54. The number of hydrogen-bond donors (Lipinski definition) is 3. The fourth-order valence-corrected chi connectivity index (χ4v) is 3.04. The Morgan fingerprint density at radius 3 is 2.69 bits per heavy atom. The highest BCUT2D eigenvalue weighted by Crippen LogP contribution is 2.21. The van der Waals surface area contributed by atoms with Crippen molar-refractivity contribution < 1.29 is 19.1 Å². The van der Waals surface area contributed by atoms with E-state index < -0.39 is 17.9 Å². The normalized spacial score (nSPS) is 12.3. The van der Waals surface area contributed by atoms with Gasteiger partial charge in [-0.25, -0.2) is 4.79 Å². The van der Waals surface area contributed by atoms with Crippen molar-refractivity contribution in [1.82, 2.24) is 10.3 Å². The number of carboxylic acids is 1. The average Bonchev–Trinajstić information content (AvgIpc) is 3.25. The number of carbonyl (C=O) groups excluding carboxylic acids is 1. The van der Waals surface area contributed by atoms with E-state index in [0.29, 0.717) is 5.58 Å². The molecule has 0 fully saturated rings. The lowest BCUT2D eigenvalue weighted by Crippen LogP contribution is -2.42. The van der Waals surface area contributed by atoms with E-state index in [-0.39, 0.29) is 12.2 Å². The number of carbonyl (C=O) groups is 2. The molecule has 2 aromatic heterocycles. The van der Waals surface area contributed by atoms with Crippen LogP contribution < -0.4 is 5.32 Å². The second-order valence-electron chi connectivity index (χ2n) is 6.08. The van der Waals surface area contributed by atoms with Gasteiger partial charge in [-0.3, -0.25) is 4.79 Å². The number of aliphatic carboxylic acids is 1. The third kappa shape index (κ3) is 2.93. The summed E-state index contributed by atoms with van der Waals surface area (Å²) >= 11 is 0. The van der Waals surface area contributed by atoms with Crippen LogP contribution in [0.2, 0.25) is 0 Å². The number of fused-ring (bicyclic) bond motifs is 2. The van der Waals surface area contributed by atoms with Crippen LogP contribution in [0.3, 0.4) is 0 Å². The highest BCUT2D eigenvalue weighted by atomic mass is 16.4. The van der Waals surface area contributed by atoms with E-state index in [1.165, 1.54) is 0 Å². The van der Waals surface area contributed by atoms with Gasteiger partial charge in [0.15, 0.2) is 5.76 Å². The zero-order chi connectivity index (χ0) is 18.1. The first-order chi connectivity index (χ1) is 12.6. The molecule has 6 heteroatoms. The predicted octanol–water partition coefficient (Wildman–Crippen LogP) is 3.34. The molecule has 0 radical (unpaired) electrons. The Morgan fingerprint density at radius 2 is 1.88 bits per heavy atom. The van der Waals surface area contributed by atoms with Crippen LogP contribution >= 0.6 is 0 Å². The summed E-state index contributed by atoms with van der Waals surface area (Å²) in [5, 5.41) is 13.8. The van der Waals surface area contributed by atoms with Gasteiger partial charge in [0.05, 0.1) is 0 Å². The molecule has 0 aliphatic rings. The van der Waals surface area contributed by atoms with Gasteiger partial charge in [0.1, 0.15) is 11.6 Å². The summed E-state index contributed by atoms with van der Waals surface area (Å²) in [6.45, 7) is 0. The van der Waals surface area contributed by atoms with Crippen molar-refractivity contribution in [2.45, 2.75) is 12.5 Å². The number of carboxylic acid groups (broad SMARTS) is 1. The Labute approximate surface area is 148 Å². The van der Waals surface area contributed by atoms with Gasteiger partial charge in [-0.05, 0) is 23.8 Å². The van der Waals surface area contributed by atoms with Gasteiger partial charge < -0.3 is 19.8 Å². The molecule has 130 valence electrons. The first-order valence-electron chi connectivity index (χ1n) is 8.19. The largest absolute Gasteiger partial charge is 0.480 e. The highest BCUT2D eigenvalue weighted by molar-refractivity contribution is 5.98. The lowest BCUT2D eigenvalue weighted by molar-refractivity contribution is -0.139. The summed E-state index contributed by atoms with van der Waals surface area (Å²) in [5.74, 6) is -1.55. The fourth-order valence-electron chi connectivity index (χ4n) is 3.04. The van der Waals surface area contributed by atoms with Crippen molar-refractivity contribution in [3.63, 3.8) is 0 Å². The van der Waals surface area contributed by atoms with E-state index in [1.54, 1.807) is 18.3 Å².